The Morgan fingerprint density at radius 2 is 0.833 bits per heavy atom. The van der Waals surface area contributed by atoms with Crippen molar-refractivity contribution in [1.82, 2.24) is 0 Å². The molecule has 0 saturated carbocycles. The van der Waals surface area contributed by atoms with E-state index in [1.54, 1.807) is 19.1 Å². The standard InChI is InChI=1S/C7H7F.3BF4.K.H/c1-6-4-2-3-5-7(6)8;3*2-1(3,4)5;;/h2-5H,1H3;;;;;/q;3*-1;+1;-1. The van der Waals surface area contributed by atoms with Gasteiger partial charge < -0.3 is 53.2 Å². The van der Waals surface area contributed by atoms with Crippen molar-refractivity contribution in [3.63, 3.8) is 0 Å². The van der Waals surface area contributed by atoms with E-state index in [-0.39, 0.29) is 58.6 Å². The van der Waals surface area contributed by atoms with Gasteiger partial charge in [-0.05, 0) is 18.6 Å². The summed E-state index contributed by atoms with van der Waals surface area (Å²) in [7, 11) is -18.0. The smallest absolute Gasteiger partial charge is 1.00 e. The third-order valence-corrected chi connectivity index (χ3v) is 1.08. The van der Waals surface area contributed by atoms with Crippen molar-refractivity contribution in [1.29, 1.82) is 0 Å². The molecule has 1 rings (SSSR count). The number of halogens is 13. The van der Waals surface area contributed by atoms with Gasteiger partial charge in [-0.1, -0.05) is 18.2 Å². The maximum absolute atomic E-state index is 12.3. The Morgan fingerprint density at radius 3 is 0.958 bits per heavy atom. The van der Waals surface area contributed by atoms with E-state index in [9.17, 15) is 56.2 Å². The molecule has 0 saturated heterocycles. The first kappa shape index (κ1) is 31.9. The van der Waals surface area contributed by atoms with Crippen LogP contribution in [-0.2, 0) is 0 Å². The summed E-state index contributed by atoms with van der Waals surface area (Å²) < 4.78 is 129. The van der Waals surface area contributed by atoms with Gasteiger partial charge in [-0.15, -0.1) is 0 Å². The van der Waals surface area contributed by atoms with E-state index in [1.807, 2.05) is 6.07 Å². The summed E-state index contributed by atoms with van der Waals surface area (Å²) in [5, 5.41) is 0. The van der Waals surface area contributed by atoms with E-state index in [0.717, 1.165) is 0 Å². The Kier molecular flexibility index (Phi) is 19.0. The van der Waals surface area contributed by atoms with Crippen LogP contribution in [0.25, 0.3) is 0 Å². The predicted molar refractivity (Wildman–Crippen MR) is 62.8 cm³/mol. The number of hydrogen-bond donors (Lipinski definition) is 0. The summed E-state index contributed by atoms with van der Waals surface area (Å²) in [4.78, 5) is 0. The SMILES string of the molecule is Cc1ccccc1F.F[B-](F)(F)F.F[B-](F)(F)F.F[B-](F)(F)F.[H-].[K+]. The molecular weight excluding hydrogens is 403 g/mol. The van der Waals surface area contributed by atoms with Crippen LogP contribution < -0.4 is 51.4 Å². The van der Waals surface area contributed by atoms with Gasteiger partial charge in [-0.2, -0.15) is 0 Å². The molecule has 0 bridgehead atoms. The maximum atomic E-state index is 12.3. The quantitative estimate of drug-likeness (QED) is 0.455. The summed E-state index contributed by atoms with van der Waals surface area (Å²) in [5.41, 5.74) is 0.701. The molecule has 0 radical (unpaired) electrons. The Bertz CT molecular complexity index is 354. The zero-order chi connectivity index (χ0) is 19.5. The van der Waals surface area contributed by atoms with Gasteiger partial charge >= 0.3 is 73.1 Å². The number of rotatable bonds is 0. The minimum absolute atomic E-state index is 0. The van der Waals surface area contributed by atoms with Gasteiger partial charge in [0.05, 0.1) is 0 Å². The van der Waals surface area contributed by atoms with Gasteiger partial charge in [-0.3, -0.25) is 0 Å². The van der Waals surface area contributed by atoms with Crippen LogP contribution in [0.15, 0.2) is 24.3 Å². The second-order valence-electron chi connectivity index (χ2n) is 3.23. The van der Waals surface area contributed by atoms with E-state index < -0.39 is 21.8 Å². The number of aryl methyl sites for hydroxylation is 1. The van der Waals surface area contributed by atoms with E-state index >= 15 is 0 Å². The Labute approximate surface area is 172 Å². The maximum Gasteiger partial charge on any atom is 1.00 e. The molecule has 0 aliphatic carbocycles. The first-order valence-electron chi connectivity index (χ1n) is 5.13. The van der Waals surface area contributed by atoms with Crippen LogP contribution >= 0.6 is 0 Å². The van der Waals surface area contributed by atoms with Crippen LogP contribution in [0.3, 0.4) is 0 Å². The molecule has 0 fully saturated rings. The van der Waals surface area contributed by atoms with Crippen LogP contribution in [0.4, 0.5) is 56.2 Å². The molecule has 0 aromatic heterocycles. The molecule has 24 heavy (non-hydrogen) atoms. The summed E-state index contributed by atoms with van der Waals surface area (Å²) in [6.45, 7) is 1.75. The molecule has 0 spiro atoms. The van der Waals surface area contributed by atoms with Crippen molar-refractivity contribution in [2.24, 2.45) is 0 Å². The molecule has 0 N–H and O–H groups in total. The van der Waals surface area contributed by atoms with Crippen LogP contribution in [0.1, 0.15) is 6.99 Å². The zero-order valence-corrected chi connectivity index (χ0v) is 15.1. The molecule has 17 heteroatoms. The van der Waals surface area contributed by atoms with Crippen molar-refractivity contribution in [2.45, 2.75) is 6.92 Å². The van der Waals surface area contributed by atoms with Gasteiger partial charge in [0, 0.05) is 0 Å². The third-order valence-electron chi connectivity index (χ3n) is 1.08. The van der Waals surface area contributed by atoms with E-state index in [4.69, 9.17) is 0 Å². The van der Waals surface area contributed by atoms with Gasteiger partial charge in [0.15, 0.2) is 0 Å². The van der Waals surface area contributed by atoms with Crippen LogP contribution in [0.2, 0.25) is 0 Å². The van der Waals surface area contributed by atoms with E-state index in [2.05, 4.69) is 0 Å². The topological polar surface area (TPSA) is 0 Å². The molecule has 0 nitrogen and oxygen atoms in total. The van der Waals surface area contributed by atoms with Crippen molar-refractivity contribution >= 4 is 21.8 Å². The predicted octanol–water partition coefficient (Wildman–Crippen LogP) is 3.15. The minimum atomic E-state index is -6.00. The summed E-state index contributed by atoms with van der Waals surface area (Å²) in [6.07, 6.45) is 0. The number of hydrogen-bond acceptors (Lipinski definition) is 0. The van der Waals surface area contributed by atoms with Gasteiger partial charge in [0.25, 0.3) is 0 Å². The average molecular weight is 411 g/mol. The Morgan fingerprint density at radius 1 is 0.625 bits per heavy atom. The average Bonchev–Trinajstić information content (AvgIpc) is 2.14. The zero-order valence-electron chi connectivity index (χ0n) is 13.0. The van der Waals surface area contributed by atoms with Crippen LogP contribution in [-0.4, -0.2) is 21.8 Å². The molecule has 0 aliphatic rings. The van der Waals surface area contributed by atoms with Gasteiger partial charge in [0.1, 0.15) is 5.82 Å². The van der Waals surface area contributed by atoms with E-state index in [1.165, 1.54) is 6.07 Å². The molecule has 140 valence electrons. The first-order valence-corrected chi connectivity index (χ1v) is 5.13. The van der Waals surface area contributed by atoms with Crippen LogP contribution in [0.5, 0.6) is 0 Å². The monoisotopic (exact) mass is 411 g/mol. The normalized spacial score (nSPS) is 10.6. The van der Waals surface area contributed by atoms with Crippen LogP contribution in [0, 0.1) is 12.7 Å². The molecule has 1 aromatic carbocycles. The van der Waals surface area contributed by atoms with Crippen molar-refractivity contribution in [2.75, 3.05) is 0 Å². The van der Waals surface area contributed by atoms with Crippen molar-refractivity contribution in [3.8, 4) is 0 Å². The fourth-order valence-electron chi connectivity index (χ4n) is 0.551. The second kappa shape index (κ2) is 14.3. The molecule has 1 aromatic rings. The second-order valence-corrected chi connectivity index (χ2v) is 3.23. The molecular formula is C7H8B3F13K-3. The first-order chi connectivity index (χ1) is 9.80. The van der Waals surface area contributed by atoms with E-state index in [0.29, 0.717) is 5.56 Å². The molecule has 0 unspecified atom stereocenters. The summed E-state index contributed by atoms with van der Waals surface area (Å²) in [5.74, 6) is -0.132. The third kappa shape index (κ3) is 79.7. The fourth-order valence-corrected chi connectivity index (χ4v) is 0.551. The molecule has 0 atom stereocenters. The Hall–Kier alpha value is 0.141. The summed E-state index contributed by atoms with van der Waals surface area (Å²) >= 11 is 0. The fraction of sp³-hybridized carbons (Fsp3) is 0.143. The van der Waals surface area contributed by atoms with Gasteiger partial charge in [0.2, 0.25) is 0 Å². The molecule has 0 heterocycles. The largest absolute Gasteiger partial charge is 1.00 e. The van der Waals surface area contributed by atoms with Gasteiger partial charge in [-0.25, -0.2) is 4.39 Å². The minimum Gasteiger partial charge on any atom is -1.00 e. The molecule has 0 aliphatic heterocycles. The Balaban J connectivity index is -0.0000000714. The molecule has 0 amide bonds. The van der Waals surface area contributed by atoms with Crippen molar-refractivity contribution in [3.05, 3.63) is 35.6 Å². The van der Waals surface area contributed by atoms with Crippen molar-refractivity contribution < 1.29 is 109 Å². The number of benzene rings is 1. The summed E-state index contributed by atoms with van der Waals surface area (Å²) in [6, 6.07) is 6.70.